The summed E-state index contributed by atoms with van der Waals surface area (Å²) in [5, 5.41) is 18.4. The van der Waals surface area contributed by atoms with E-state index in [1.54, 1.807) is 24.9 Å². The molecule has 0 bridgehead atoms. The zero-order valence-electron chi connectivity index (χ0n) is 14.5. The van der Waals surface area contributed by atoms with Crippen LogP contribution in [-0.2, 0) is 12.6 Å². The highest BCUT2D eigenvalue weighted by Crippen LogP contribution is 2.34. The molecule has 1 aromatic carbocycles. The van der Waals surface area contributed by atoms with E-state index in [1.165, 1.54) is 0 Å². The molecule has 2 atom stereocenters. The quantitative estimate of drug-likeness (QED) is 0.878. The lowest BCUT2D eigenvalue weighted by atomic mass is 9.96. The summed E-state index contributed by atoms with van der Waals surface area (Å²) in [7, 11) is 3.51. The van der Waals surface area contributed by atoms with Gasteiger partial charge in [-0.25, -0.2) is 0 Å². The molecule has 2 heterocycles. The average molecular weight is 331 g/mol. The van der Waals surface area contributed by atoms with Crippen molar-refractivity contribution in [2.45, 2.75) is 31.4 Å². The summed E-state index contributed by atoms with van der Waals surface area (Å²) in [6, 6.07) is 5.98. The van der Waals surface area contributed by atoms with Gasteiger partial charge >= 0.3 is 0 Å². The minimum absolute atomic E-state index is 0.112. The van der Waals surface area contributed by atoms with E-state index in [-0.39, 0.29) is 6.04 Å². The van der Waals surface area contributed by atoms with Crippen molar-refractivity contribution in [1.82, 2.24) is 15.1 Å². The first-order valence-electron chi connectivity index (χ1n) is 8.25. The highest BCUT2D eigenvalue weighted by atomic mass is 16.5. The number of aryl methyl sites for hydroxylation is 1. The Kier molecular flexibility index (Phi) is 4.78. The minimum atomic E-state index is -0.986. The molecule has 1 aromatic heterocycles. The first-order valence-corrected chi connectivity index (χ1v) is 8.25. The summed E-state index contributed by atoms with van der Waals surface area (Å²) in [5.74, 6) is 1.69. The monoisotopic (exact) mass is 331 g/mol. The Morgan fingerprint density at radius 2 is 2.33 bits per heavy atom. The molecule has 24 heavy (non-hydrogen) atoms. The number of hydrogen-bond donors (Lipinski definition) is 2. The first kappa shape index (κ1) is 16.8. The molecule has 3 rings (SSSR count). The van der Waals surface area contributed by atoms with Crippen LogP contribution in [0.3, 0.4) is 0 Å². The molecule has 0 saturated carbocycles. The third kappa shape index (κ3) is 3.55. The number of ether oxygens (including phenoxy) is 2. The second kappa shape index (κ2) is 6.83. The highest BCUT2D eigenvalue weighted by Gasteiger charge is 2.28. The first-order chi connectivity index (χ1) is 11.5. The molecule has 0 radical (unpaired) electrons. The van der Waals surface area contributed by atoms with Crippen LogP contribution in [0.4, 0.5) is 0 Å². The molecule has 1 aliphatic heterocycles. The van der Waals surface area contributed by atoms with Gasteiger partial charge in [0.05, 0.1) is 19.9 Å². The summed E-state index contributed by atoms with van der Waals surface area (Å²) in [6.45, 7) is 2.94. The van der Waals surface area contributed by atoms with Crippen molar-refractivity contribution in [2.75, 3.05) is 20.3 Å². The van der Waals surface area contributed by atoms with Crippen LogP contribution < -0.4 is 14.8 Å². The molecule has 2 N–H and O–H groups in total. The number of fused-ring (bicyclic) bond motifs is 1. The van der Waals surface area contributed by atoms with Crippen LogP contribution in [0.1, 0.15) is 36.9 Å². The van der Waals surface area contributed by atoms with E-state index >= 15 is 0 Å². The van der Waals surface area contributed by atoms with Gasteiger partial charge in [0.15, 0.2) is 0 Å². The van der Waals surface area contributed by atoms with Gasteiger partial charge in [-0.2, -0.15) is 5.10 Å². The van der Waals surface area contributed by atoms with Crippen molar-refractivity contribution in [1.29, 1.82) is 0 Å². The fraction of sp³-hybridized carbons (Fsp3) is 0.500. The van der Waals surface area contributed by atoms with Crippen molar-refractivity contribution in [3.63, 3.8) is 0 Å². The predicted molar refractivity (Wildman–Crippen MR) is 91.2 cm³/mol. The second-order valence-corrected chi connectivity index (χ2v) is 6.50. The number of hydrogen-bond acceptors (Lipinski definition) is 5. The molecule has 0 aliphatic carbocycles. The summed E-state index contributed by atoms with van der Waals surface area (Å²) in [4.78, 5) is 0. The van der Waals surface area contributed by atoms with Crippen molar-refractivity contribution in [2.24, 2.45) is 7.05 Å². The Morgan fingerprint density at radius 3 is 3.04 bits per heavy atom. The van der Waals surface area contributed by atoms with Gasteiger partial charge in [0, 0.05) is 37.0 Å². The Morgan fingerprint density at radius 1 is 1.50 bits per heavy atom. The smallest absolute Gasteiger partial charge is 0.124 e. The Bertz CT molecular complexity index is 697. The van der Waals surface area contributed by atoms with Crippen LogP contribution in [-0.4, -0.2) is 35.1 Å². The largest absolute Gasteiger partial charge is 0.497 e. The standard InChI is InChI=1S/C18H25N3O3/c1-18(22,13-10-20-21(2)11-13)12-19-16-5-4-8-24-17-7-6-14(23-3)9-15(16)17/h6-7,9-11,16,19,22H,4-5,8,12H2,1-3H3. The maximum absolute atomic E-state index is 10.8. The summed E-state index contributed by atoms with van der Waals surface area (Å²) in [6.07, 6.45) is 5.46. The van der Waals surface area contributed by atoms with Crippen molar-refractivity contribution < 1.29 is 14.6 Å². The van der Waals surface area contributed by atoms with Gasteiger partial charge in [0.2, 0.25) is 0 Å². The van der Waals surface area contributed by atoms with Gasteiger partial charge in [-0.1, -0.05) is 0 Å². The number of methoxy groups -OCH3 is 1. The number of rotatable bonds is 5. The van der Waals surface area contributed by atoms with E-state index in [4.69, 9.17) is 9.47 Å². The molecule has 0 spiro atoms. The molecular formula is C18H25N3O3. The van der Waals surface area contributed by atoms with Gasteiger partial charge in [0.1, 0.15) is 17.1 Å². The summed E-state index contributed by atoms with van der Waals surface area (Å²) < 4.78 is 12.9. The highest BCUT2D eigenvalue weighted by molar-refractivity contribution is 5.42. The second-order valence-electron chi connectivity index (χ2n) is 6.50. The molecule has 2 unspecified atom stereocenters. The lowest BCUT2D eigenvalue weighted by Gasteiger charge is -2.26. The van der Waals surface area contributed by atoms with Crippen molar-refractivity contribution >= 4 is 0 Å². The predicted octanol–water partition coefficient (Wildman–Crippen LogP) is 2.14. The maximum Gasteiger partial charge on any atom is 0.124 e. The Labute approximate surface area is 142 Å². The zero-order chi connectivity index (χ0) is 17.2. The molecule has 1 aliphatic rings. The molecule has 0 fully saturated rings. The molecular weight excluding hydrogens is 306 g/mol. The van der Waals surface area contributed by atoms with Gasteiger partial charge in [-0.3, -0.25) is 4.68 Å². The summed E-state index contributed by atoms with van der Waals surface area (Å²) >= 11 is 0. The zero-order valence-corrected chi connectivity index (χ0v) is 14.5. The maximum atomic E-state index is 10.8. The van der Waals surface area contributed by atoms with Crippen LogP contribution in [0.5, 0.6) is 11.5 Å². The van der Waals surface area contributed by atoms with E-state index in [0.717, 1.165) is 35.5 Å². The Hall–Kier alpha value is -2.05. The van der Waals surface area contributed by atoms with E-state index < -0.39 is 5.60 Å². The van der Waals surface area contributed by atoms with Crippen molar-refractivity contribution in [3.05, 3.63) is 41.7 Å². The topological polar surface area (TPSA) is 68.5 Å². The number of benzene rings is 1. The SMILES string of the molecule is COc1ccc2c(c1)C(NCC(C)(O)c1cnn(C)c1)CCCO2. The van der Waals surface area contributed by atoms with E-state index in [1.807, 2.05) is 31.4 Å². The summed E-state index contributed by atoms with van der Waals surface area (Å²) in [5.41, 5.74) is 0.891. The van der Waals surface area contributed by atoms with Crippen LogP contribution in [0.2, 0.25) is 0 Å². The van der Waals surface area contributed by atoms with E-state index in [0.29, 0.717) is 13.2 Å². The third-order valence-corrected chi connectivity index (χ3v) is 4.51. The molecule has 6 heteroatoms. The van der Waals surface area contributed by atoms with Gasteiger partial charge < -0.3 is 19.9 Å². The van der Waals surface area contributed by atoms with Gasteiger partial charge in [0.25, 0.3) is 0 Å². The van der Waals surface area contributed by atoms with Crippen molar-refractivity contribution in [3.8, 4) is 11.5 Å². The number of aliphatic hydroxyl groups is 1. The molecule has 6 nitrogen and oxygen atoms in total. The van der Waals surface area contributed by atoms with Crippen LogP contribution >= 0.6 is 0 Å². The minimum Gasteiger partial charge on any atom is -0.497 e. The fourth-order valence-corrected chi connectivity index (χ4v) is 3.02. The number of nitrogens with one attached hydrogen (secondary N) is 1. The lowest BCUT2D eigenvalue weighted by Crippen LogP contribution is -2.37. The van der Waals surface area contributed by atoms with E-state index in [2.05, 4.69) is 10.4 Å². The van der Waals surface area contributed by atoms with Crippen LogP contribution in [0.25, 0.3) is 0 Å². The molecule has 130 valence electrons. The van der Waals surface area contributed by atoms with Crippen LogP contribution in [0, 0.1) is 0 Å². The molecule has 2 aromatic rings. The molecule has 0 saturated heterocycles. The number of aromatic nitrogens is 2. The average Bonchev–Trinajstić information content (AvgIpc) is 2.91. The Balaban J connectivity index is 1.77. The lowest BCUT2D eigenvalue weighted by molar-refractivity contribution is 0.0533. The van der Waals surface area contributed by atoms with Gasteiger partial charge in [-0.05, 0) is 38.0 Å². The normalized spacial score (nSPS) is 19.8. The van der Waals surface area contributed by atoms with Gasteiger partial charge in [-0.15, -0.1) is 0 Å². The van der Waals surface area contributed by atoms with Crippen LogP contribution in [0.15, 0.2) is 30.6 Å². The molecule has 0 amide bonds. The van der Waals surface area contributed by atoms with E-state index in [9.17, 15) is 5.11 Å². The number of nitrogens with zero attached hydrogens (tertiary/aromatic N) is 2. The third-order valence-electron chi connectivity index (χ3n) is 4.51. The fourth-order valence-electron chi connectivity index (χ4n) is 3.02.